The molecule has 0 spiro atoms. The SMILES string of the molecule is CC(=C/[C@H](C)C/C=C/C(C)=C/[C@H](C)C(=O)[C@H](C)[C@H](O)[C@H](C)C/C(C)=C/C(=O)O)/C=C/[C@H]1CC=CC(=O)O1. The number of Topliss-reactive ketones (excluding diaryl/α,β-unsaturated/α-hetero) is 1. The molecule has 0 aliphatic carbocycles. The Bertz CT molecular complexity index is 978. The van der Waals surface area contributed by atoms with Gasteiger partial charge < -0.3 is 14.9 Å². The maximum atomic E-state index is 12.9. The lowest BCUT2D eigenvalue weighted by Crippen LogP contribution is -2.34. The second-order valence-electron chi connectivity index (χ2n) is 10.4. The van der Waals surface area contributed by atoms with Crippen LogP contribution in [0.15, 0.2) is 71.4 Å². The lowest BCUT2D eigenvalue weighted by Gasteiger charge is -2.25. The molecule has 0 aromatic carbocycles. The first kappa shape index (κ1) is 32.0. The second-order valence-corrected chi connectivity index (χ2v) is 10.4. The third kappa shape index (κ3) is 12.7. The highest BCUT2D eigenvalue weighted by atomic mass is 16.5. The molecule has 2 N–H and O–H groups in total. The highest BCUT2D eigenvalue weighted by Crippen LogP contribution is 2.24. The topological polar surface area (TPSA) is 101 Å². The molecule has 0 fully saturated rings. The van der Waals surface area contributed by atoms with Crippen molar-refractivity contribution in [2.75, 3.05) is 0 Å². The molecule has 1 rings (SSSR count). The van der Waals surface area contributed by atoms with Gasteiger partial charge in [0.1, 0.15) is 11.9 Å². The zero-order valence-electron chi connectivity index (χ0n) is 23.3. The van der Waals surface area contributed by atoms with E-state index < -0.39 is 18.0 Å². The quantitative estimate of drug-likeness (QED) is 0.164. The summed E-state index contributed by atoms with van der Waals surface area (Å²) in [5, 5.41) is 19.5. The van der Waals surface area contributed by atoms with E-state index >= 15 is 0 Å². The minimum Gasteiger partial charge on any atom is -0.478 e. The zero-order chi connectivity index (χ0) is 28.1. The van der Waals surface area contributed by atoms with Gasteiger partial charge in [-0.05, 0) is 51.5 Å². The van der Waals surface area contributed by atoms with Gasteiger partial charge in [0.05, 0.1) is 6.10 Å². The maximum Gasteiger partial charge on any atom is 0.331 e. The smallest absolute Gasteiger partial charge is 0.331 e. The number of carboxylic acid groups (broad SMARTS) is 1. The van der Waals surface area contributed by atoms with Crippen molar-refractivity contribution in [2.45, 2.75) is 79.9 Å². The Labute approximate surface area is 222 Å². The third-order valence-electron chi connectivity index (χ3n) is 6.42. The van der Waals surface area contributed by atoms with E-state index in [1.54, 1.807) is 13.8 Å². The fourth-order valence-corrected chi connectivity index (χ4v) is 4.46. The number of hydrogen-bond acceptors (Lipinski definition) is 5. The normalized spacial score (nSPS) is 21.6. The Morgan fingerprint density at radius 2 is 1.73 bits per heavy atom. The van der Waals surface area contributed by atoms with Crippen LogP contribution in [0.2, 0.25) is 0 Å². The molecule has 0 unspecified atom stereocenters. The molecule has 0 saturated carbocycles. The number of aliphatic hydroxyl groups excluding tert-OH is 1. The molecule has 0 amide bonds. The average Bonchev–Trinajstić information content (AvgIpc) is 2.80. The van der Waals surface area contributed by atoms with Crippen molar-refractivity contribution >= 4 is 17.7 Å². The van der Waals surface area contributed by atoms with Crippen molar-refractivity contribution in [2.24, 2.45) is 23.7 Å². The van der Waals surface area contributed by atoms with Gasteiger partial charge in [-0.25, -0.2) is 9.59 Å². The molecule has 0 aromatic rings. The van der Waals surface area contributed by atoms with Crippen LogP contribution < -0.4 is 0 Å². The number of carbonyl (C=O) groups is 3. The van der Waals surface area contributed by atoms with Gasteiger partial charge >= 0.3 is 11.9 Å². The van der Waals surface area contributed by atoms with E-state index in [1.165, 1.54) is 6.08 Å². The number of rotatable bonds is 14. The van der Waals surface area contributed by atoms with Crippen LogP contribution >= 0.6 is 0 Å². The summed E-state index contributed by atoms with van der Waals surface area (Å²) in [5.74, 6) is -2.16. The fraction of sp³-hybridized carbons (Fsp3) is 0.516. The monoisotopic (exact) mass is 512 g/mol. The van der Waals surface area contributed by atoms with Crippen molar-refractivity contribution in [3.63, 3.8) is 0 Å². The Balaban J connectivity index is 2.60. The molecule has 1 aliphatic heterocycles. The molecule has 37 heavy (non-hydrogen) atoms. The fourth-order valence-electron chi connectivity index (χ4n) is 4.46. The Hall–Kier alpha value is -2.99. The Kier molecular flexibility index (Phi) is 13.8. The van der Waals surface area contributed by atoms with Crippen molar-refractivity contribution in [3.05, 3.63) is 71.4 Å². The standard InChI is InChI=1S/C31H44O6/c1-20(16-22(3)14-15-27-12-9-13-29(34)37-27)10-8-11-21(2)17-24(5)30(35)26(7)31(36)25(6)18-23(4)19-28(32)33/h8-9,11,13-17,19-20,24-27,31,36H,10,12,18H2,1-7H3,(H,32,33)/b11-8+,15-14+,21-17+,22-16-,23-19+/t20-,24+,25-,26+,27-,31-/m1/s1. The number of allylic oxidation sites excluding steroid dienone is 8. The molecule has 1 heterocycles. The van der Waals surface area contributed by atoms with E-state index in [-0.39, 0.29) is 29.7 Å². The van der Waals surface area contributed by atoms with Gasteiger partial charge in [-0.3, -0.25) is 4.79 Å². The van der Waals surface area contributed by atoms with Gasteiger partial charge in [0.2, 0.25) is 0 Å². The van der Waals surface area contributed by atoms with Crippen LogP contribution in [0.25, 0.3) is 0 Å². The molecule has 0 bridgehead atoms. The molecule has 6 atom stereocenters. The van der Waals surface area contributed by atoms with Gasteiger partial charge in [-0.15, -0.1) is 0 Å². The van der Waals surface area contributed by atoms with Crippen LogP contribution in [0, 0.1) is 23.7 Å². The van der Waals surface area contributed by atoms with Gasteiger partial charge in [-0.1, -0.05) is 80.9 Å². The van der Waals surface area contributed by atoms with Crippen molar-refractivity contribution in [1.82, 2.24) is 0 Å². The highest BCUT2D eigenvalue weighted by Gasteiger charge is 2.29. The van der Waals surface area contributed by atoms with Crippen LogP contribution in [-0.2, 0) is 19.1 Å². The summed E-state index contributed by atoms with van der Waals surface area (Å²) in [5.41, 5.74) is 2.75. The molecule has 6 heteroatoms. The van der Waals surface area contributed by atoms with Gasteiger partial charge in [0, 0.05) is 30.4 Å². The average molecular weight is 513 g/mol. The van der Waals surface area contributed by atoms with E-state index in [9.17, 15) is 19.5 Å². The van der Waals surface area contributed by atoms with E-state index in [0.29, 0.717) is 24.3 Å². The highest BCUT2D eigenvalue weighted by molar-refractivity contribution is 5.85. The Morgan fingerprint density at radius 1 is 1.08 bits per heavy atom. The molecule has 0 radical (unpaired) electrons. The number of hydrogen-bond donors (Lipinski definition) is 2. The predicted octanol–water partition coefficient (Wildman–Crippen LogP) is 6.15. The van der Waals surface area contributed by atoms with Gasteiger partial charge in [0.25, 0.3) is 0 Å². The van der Waals surface area contributed by atoms with Crippen LogP contribution in [-0.4, -0.2) is 40.1 Å². The van der Waals surface area contributed by atoms with E-state index in [2.05, 4.69) is 19.1 Å². The van der Waals surface area contributed by atoms with E-state index in [4.69, 9.17) is 9.84 Å². The zero-order valence-corrected chi connectivity index (χ0v) is 23.3. The number of esters is 1. The third-order valence-corrected chi connectivity index (χ3v) is 6.42. The van der Waals surface area contributed by atoms with Crippen molar-refractivity contribution in [1.29, 1.82) is 0 Å². The summed E-state index contributed by atoms with van der Waals surface area (Å²) < 4.78 is 5.23. The van der Waals surface area contributed by atoms with E-state index in [0.717, 1.165) is 23.6 Å². The summed E-state index contributed by atoms with van der Waals surface area (Å²) in [7, 11) is 0. The number of ketones is 1. The number of cyclic esters (lactones) is 1. The second kappa shape index (κ2) is 16.0. The van der Waals surface area contributed by atoms with Crippen LogP contribution in [0.3, 0.4) is 0 Å². The number of ether oxygens (including phenoxy) is 1. The minimum atomic E-state index is -1.01. The summed E-state index contributed by atoms with van der Waals surface area (Å²) in [6.07, 6.45) is 17.4. The molecular formula is C31H44O6. The summed E-state index contributed by atoms with van der Waals surface area (Å²) in [6, 6.07) is 0. The van der Waals surface area contributed by atoms with Crippen molar-refractivity contribution < 1.29 is 29.3 Å². The number of aliphatic carboxylic acids is 1. The number of carbonyl (C=O) groups excluding carboxylic acids is 2. The first-order chi connectivity index (χ1) is 17.3. The van der Waals surface area contributed by atoms with Crippen LogP contribution in [0.5, 0.6) is 0 Å². The molecular weight excluding hydrogens is 468 g/mol. The van der Waals surface area contributed by atoms with Crippen LogP contribution in [0.4, 0.5) is 0 Å². The van der Waals surface area contributed by atoms with Crippen molar-refractivity contribution in [3.8, 4) is 0 Å². The summed E-state index contributed by atoms with van der Waals surface area (Å²) in [6.45, 7) is 13.2. The number of carboxylic acids is 1. The van der Waals surface area contributed by atoms with Gasteiger partial charge in [-0.2, -0.15) is 0 Å². The number of aliphatic hydroxyl groups is 1. The summed E-state index contributed by atoms with van der Waals surface area (Å²) in [4.78, 5) is 35.0. The molecule has 6 nitrogen and oxygen atoms in total. The first-order valence-corrected chi connectivity index (χ1v) is 13.0. The lowest BCUT2D eigenvalue weighted by atomic mass is 9.83. The van der Waals surface area contributed by atoms with Crippen LogP contribution in [0.1, 0.15) is 67.7 Å². The van der Waals surface area contributed by atoms with E-state index in [1.807, 2.05) is 58.1 Å². The molecule has 0 saturated heterocycles. The minimum absolute atomic E-state index is 0.0372. The molecule has 0 aromatic heterocycles. The summed E-state index contributed by atoms with van der Waals surface area (Å²) >= 11 is 0. The lowest BCUT2D eigenvalue weighted by molar-refractivity contribution is -0.141. The Morgan fingerprint density at radius 3 is 2.35 bits per heavy atom. The largest absolute Gasteiger partial charge is 0.478 e. The first-order valence-electron chi connectivity index (χ1n) is 13.0. The van der Waals surface area contributed by atoms with Gasteiger partial charge in [0.15, 0.2) is 0 Å². The molecule has 1 aliphatic rings. The molecule has 204 valence electrons. The maximum absolute atomic E-state index is 12.9. The predicted molar refractivity (Wildman–Crippen MR) is 148 cm³/mol.